The molecule has 166 valence electrons. The van der Waals surface area contributed by atoms with E-state index < -0.39 is 0 Å². The van der Waals surface area contributed by atoms with E-state index in [1.807, 2.05) is 45.0 Å². The van der Waals surface area contributed by atoms with Gasteiger partial charge in [0.15, 0.2) is 0 Å². The van der Waals surface area contributed by atoms with E-state index in [4.69, 9.17) is 10.4 Å². The van der Waals surface area contributed by atoms with Crippen LogP contribution in [0.2, 0.25) is 0 Å². The molecule has 3 rings (SSSR count). The number of nitrogens with one attached hydrogen (secondary N) is 3. The molecule has 2 aromatic rings. The number of benzene rings is 1. The Morgan fingerprint density at radius 3 is 2.48 bits per heavy atom. The van der Waals surface area contributed by atoms with Crippen molar-refractivity contribution in [2.24, 2.45) is 5.92 Å². The number of aryl methyl sites for hydroxylation is 1. The molecule has 0 spiro atoms. The van der Waals surface area contributed by atoms with Crippen LogP contribution in [0, 0.1) is 18.3 Å². The Kier molecular flexibility index (Phi) is 7.25. The van der Waals surface area contributed by atoms with Crippen molar-refractivity contribution in [3.05, 3.63) is 35.4 Å². The Labute approximate surface area is 184 Å². The summed E-state index contributed by atoms with van der Waals surface area (Å²) in [6.07, 6.45) is 3.33. The monoisotopic (exact) mass is 423 g/mol. The van der Waals surface area contributed by atoms with E-state index >= 15 is 0 Å². The van der Waals surface area contributed by atoms with E-state index in [1.165, 1.54) is 0 Å². The van der Waals surface area contributed by atoms with Crippen molar-refractivity contribution in [1.82, 2.24) is 15.6 Å². The largest absolute Gasteiger partial charge is 0.356 e. The van der Waals surface area contributed by atoms with E-state index in [0.717, 1.165) is 42.1 Å². The number of hydrogen-bond acceptors (Lipinski definition) is 5. The number of aromatic nitrogens is 1. The summed E-state index contributed by atoms with van der Waals surface area (Å²) in [6, 6.07) is 8.01. The van der Waals surface area contributed by atoms with E-state index in [-0.39, 0.29) is 29.6 Å². The van der Waals surface area contributed by atoms with Crippen LogP contribution in [-0.2, 0) is 4.79 Å². The van der Waals surface area contributed by atoms with Gasteiger partial charge in [0.1, 0.15) is 5.82 Å². The lowest BCUT2D eigenvalue weighted by Crippen LogP contribution is -2.47. The van der Waals surface area contributed by atoms with Crippen molar-refractivity contribution in [2.45, 2.75) is 59.4 Å². The average Bonchev–Trinajstić information content (AvgIpc) is 2.73. The summed E-state index contributed by atoms with van der Waals surface area (Å²) in [4.78, 5) is 32.2. The Balaban J connectivity index is 1.81. The minimum Gasteiger partial charge on any atom is -0.356 e. The topological polar surface area (TPSA) is 98.2 Å². The van der Waals surface area contributed by atoms with Gasteiger partial charge in [-0.05, 0) is 57.7 Å². The molecule has 3 N–H and O–H groups in total. The molecule has 0 atom stereocenters. The zero-order valence-corrected chi connectivity index (χ0v) is 18.9. The number of anilines is 1. The van der Waals surface area contributed by atoms with Crippen molar-refractivity contribution in [1.29, 1.82) is 5.41 Å². The summed E-state index contributed by atoms with van der Waals surface area (Å²) < 4.78 is 0. The van der Waals surface area contributed by atoms with E-state index in [1.54, 1.807) is 6.92 Å². The Bertz CT molecular complexity index is 975. The maximum absolute atomic E-state index is 12.8. The molecule has 0 saturated carbocycles. The minimum absolute atomic E-state index is 0.0725. The number of fused-ring (bicyclic) bond motifs is 1. The molecule has 1 fully saturated rings. The number of amidine groups is 1. The van der Waals surface area contributed by atoms with Gasteiger partial charge in [0, 0.05) is 30.4 Å². The van der Waals surface area contributed by atoms with Gasteiger partial charge in [0.05, 0.1) is 16.9 Å². The number of pyridine rings is 1. The molecule has 1 saturated heterocycles. The molecule has 7 nitrogen and oxygen atoms in total. The standard InChI is InChI=1S/C24H33N5O2/c1-5-17(6-2)23(30)27-19-9-11-29(12-10-19)22-20(24(31)26-16(4)25)14-18-13-15(3)7-8-21(18)28-22/h7-8,13-14,17,19H,5-6,9-12H2,1-4H3,(H,27,30)(H2,25,26,31). The van der Waals surface area contributed by atoms with Gasteiger partial charge < -0.3 is 15.5 Å². The second kappa shape index (κ2) is 9.90. The number of carbonyl (C=O) groups is 2. The normalized spacial score (nSPS) is 14.7. The predicted molar refractivity (Wildman–Crippen MR) is 125 cm³/mol. The highest BCUT2D eigenvalue weighted by atomic mass is 16.2. The lowest BCUT2D eigenvalue weighted by Gasteiger charge is -2.34. The van der Waals surface area contributed by atoms with Gasteiger partial charge in [-0.2, -0.15) is 0 Å². The maximum atomic E-state index is 12.8. The zero-order chi connectivity index (χ0) is 22.5. The maximum Gasteiger partial charge on any atom is 0.260 e. The van der Waals surface area contributed by atoms with Gasteiger partial charge in [-0.3, -0.25) is 15.0 Å². The fourth-order valence-electron chi connectivity index (χ4n) is 4.15. The van der Waals surface area contributed by atoms with Crippen LogP contribution in [0.4, 0.5) is 5.82 Å². The summed E-state index contributed by atoms with van der Waals surface area (Å²) in [5.74, 6) is 0.637. The van der Waals surface area contributed by atoms with E-state index in [9.17, 15) is 9.59 Å². The molecule has 0 aliphatic carbocycles. The third kappa shape index (κ3) is 5.40. The molecular weight excluding hydrogens is 390 g/mol. The molecule has 1 aliphatic rings. The van der Waals surface area contributed by atoms with Gasteiger partial charge in [-0.15, -0.1) is 0 Å². The van der Waals surface area contributed by atoms with Crippen LogP contribution >= 0.6 is 0 Å². The highest BCUT2D eigenvalue weighted by Crippen LogP contribution is 2.27. The summed E-state index contributed by atoms with van der Waals surface area (Å²) in [5.41, 5.74) is 2.42. The number of amides is 2. The number of rotatable bonds is 6. The molecule has 0 radical (unpaired) electrons. The van der Waals surface area contributed by atoms with Gasteiger partial charge in [0.25, 0.3) is 5.91 Å². The Morgan fingerprint density at radius 1 is 1.19 bits per heavy atom. The van der Waals surface area contributed by atoms with Gasteiger partial charge in [-0.1, -0.05) is 25.5 Å². The zero-order valence-electron chi connectivity index (χ0n) is 18.9. The van der Waals surface area contributed by atoms with Crippen LogP contribution in [0.3, 0.4) is 0 Å². The van der Waals surface area contributed by atoms with Crippen LogP contribution < -0.4 is 15.5 Å². The fourth-order valence-corrected chi connectivity index (χ4v) is 4.15. The summed E-state index contributed by atoms with van der Waals surface area (Å²) in [5, 5.41) is 14.3. The van der Waals surface area contributed by atoms with Crippen molar-refractivity contribution < 1.29 is 9.59 Å². The molecular formula is C24H33N5O2. The molecule has 7 heteroatoms. The quantitative estimate of drug-likeness (QED) is 0.486. The fraction of sp³-hybridized carbons (Fsp3) is 0.500. The van der Waals surface area contributed by atoms with Gasteiger partial charge >= 0.3 is 0 Å². The van der Waals surface area contributed by atoms with Crippen LogP contribution in [0.15, 0.2) is 24.3 Å². The van der Waals surface area contributed by atoms with E-state index in [0.29, 0.717) is 24.5 Å². The van der Waals surface area contributed by atoms with Crippen molar-refractivity contribution >= 4 is 34.4 Å². The molecule has 2 heterocycles. The first kappa shape index (κ1) is 22.7. The van der Waals surface area contributed by atoms with Crippen LogP contribution in [0.25, 0.3) is 10.9 Å². The second-order valence-electron chi connectivity index (χ2n) is 8.42. The third-order valence-corrected chi connectivity index (χ3v) is 5.99. The molecule has 0 bridgehead atoms. The molecule has 1 aromatic carbocycles. The number of hydrogen-bond donors (Lipinski definition) is 3. The molecule has 0 unspecified atom stereocenters. The molecule has 2 amide bonds. The van der Waals surface area contributed by atoms with Crippen LogP contribution in [0.5, 0.6) is 0 Å². The van der Waals surface area contributed by atoms with Gasteiger partial charge in [-0.25, -0.2) is 4.98 Å². The second-order valence-corrected chi connectivity index (χ2v) is 8.42. The van der Waals surface area contributed by atoms with Crippen LogP contribution in [-0.4, -0.2) is 41.8 Å². The summed E-state index contributed by atoms with van der Waals surface area (Å²) >= 11 is 0. The van der Waals surface area contributed by atoms with E-state index in [2.05, 4.69) is 15.5 Å². The third-order valence-electron chi connectivity index (χ3n) is 5.99. The van der Waals surface area contributed by atoms with Crippen molar-refractivity contribution in [2.75, 3.05) is 18.0 Å². The number of piperidine rings is 1. The molecule has 1 aromatic heterocycles. The predicted octanol–water partition coefficient (Wildman–Crippen LogP) is 3.79. The lowest BCUT2D eigenvalue weighted by molar-refractivity contribution is -0.126. The Morgan fingerprint density at radius 2 is 1.87 bits per heavy atom. The van der Waals surface area contributed by atoms with Crippen LogP contribution in [0.1, 0.15) is 62.4 Å². The Hall–Kier alpha value is -2.96. The highest BCUT2D eigenvalue weighted by molar-refractivity contribution is 6.09. The number of nitrogens with zero attached hydrogens (tertiary/aromatic N) is 2. The highest BCUT2D eigenvalue weighted by Gasteiger charge is 2.27. The average molecular weight is 424 g/mol. The summed E-state index contributed by atoms with van der Waals surface area (Å²) in [6.45, 7) is 9.07. The minimum atomic E-state index is -0.317. The SMILES string of the molecule is CCC(CC)C(=O)NC1CCN(c2nc3ccc(C)cc3cc2C(=O)NC(C)=N)CC1. The summed E-state index contributed by atoms with van der Waals surface area (Å²) in [7, 11) is 0. The first-order valence-corrected chi connectivity index (χ1v) is 11.2. The van der Waals surface area contributed by atoms with Crippen molar-refractivity contribution in [3.63, 3.8) is 0 Å². The van der Waals surface area contributed by atoms with Crippen molar-refractivity contribution in [3.8, 4) is 0 Å². The lowest BCUT2D eigenvalue weighted by atomic mass is 9.99. The number of carbonyl (C=O) groups excluding carboxylic acids is 2. The molecule has 1 aliphatic heterocycles. The first-order valence-electron chi connectivity index (χ1n) is 11.2. The molecule has 31 heavy (non-hydrogen) atoms. The van der Waals surface area contributed by atoms with Gasteiger partial charge in [0.2, 0.25) is 5.91 Å². The smallest absolute Gasteiger partial charge is 0.260 e. The first-order chi connectivity index (χ1) is 14.8.